The van der Waals surface area contributed by atoms with Crippen LogP contribution in [0.15, 0.2) is 0 Å². The van der Waals surface area contributed by atoms with Crippen molar-refractivity contribution in [2.45, 2.75) is 32.2 Å². The highest BCUT2D eigenvalue weighted by Crippen LogP contribution is 2.49. The Labute approximate surface area is 92.4 Å². The molecule has 2 fully saturated rings. The van der Waals surface area contributed by atoms with Gasteiger partial charge in [0, 0.05) is 0 Å². The standard InChI is InChI=1S/C10H14N2O4/c1-5-3-9(2,7(14)15)4-10(5)6(13)11-8(16)12-10/h5H,3-4H2,1-2H3,(H,14,15)(H2,11,12,13,16)/t5-,9-,10+/m1/s1. The number of hydrogen-bond acceptors (Lipinski definition) is 3. The van der Waals surface area contributed by atoms with E-state index in [-0.39, 0.29) is 12.3 Å². The van der Waals surface area contributed by atoms with Crippen molar-refractivity contribution in [3.63, 3.8) is 0 Å². The molecule has 88 valence electrons. The van der Waals surface area contributed by atoms with Crippen LogP contribution < -0.4 is 10.6 Å². The van der Waals surface area contributed by atoms with Gasteiger partial charge in [-0.05, 0) is 25.7 Å². The maximum atomic E-state index is 11.7. The van der Waals surface area contributed by atoms with Gasteiger partial charge in [-0.2, -0.15) is 0 Å². The molecule has 0 aromatic carbocycles. The third-order valence-corrected chi connectivity index (χ3v) is 3.75. The van der Waals surface area contributed by atoms with Crippen molar-refractivity contribution in [1.82, 2.24) is 10.6 Å². The molecule has 6 nitrogen and oxygen atoms in total. The number of aliphatic carboxylic acids is 1. The summed E-state index contributed by atoms with van der Waals surface area (Å²) in [5.41, 5.74) is -1.99. The summed E-state index contributed by atoms with van der Waals surface area (Å²) >= 11 is 0. The van der Waals surface area contributed by atoms with Gasteiger partial charge in [0.05, 0.1) is 5.41 Å². The van der Waals surface area contributed by atoms with Gasteiger partial charge in [0.1, 0.15) is 5.54 Å². The molecule has 2 rings (SSSR count). The summed E-state index contributed by atoms with van der Waals surface area (Å²) in [6.45, 7) is 3.40. The monoisotopic (exact) mass is 226 g/mol. The fourth-order valence-electron chi connectivity index (χ4n) is 2.85. The van der Waals surface area contributed by atoms with E-state index in [0.29, 0.717) is 6.42 Å². The highest BCUT2D eigenvalue weighted by molar-refractivity contribution is 6.07. The Hall–Kier alpha value is -1.59. The van der Waals surface area contributed by atoms with E-state index in [4.69, 9.17) is 5.11 Å². The second kappa shape index (κ2) is 2.96. The van der Waals surface area contributed by atoms with E-state index in [0.717, 1.165) is 0 Å². The predicted octanol–water partition coefficient (Wildman–Crippen LogP) is 0.0854. The first-order valence-electron chi connectivity index (χ1n) is 5.17. The number of carbonyl (C=O) groups excluding carboxylic acids is 2. The van der Waals surface area contributed by atoms with E-state index in [1.54, 1.807) is 13.8 Å². The molecule has 1 heterocycles. The summed E-state index contributed by atoms with van der Waals surface area (Å²) in [5.74, 6) is -1.51. The first kappa shape index (κ1) is 10.9. The summed E-state index contributed by atoms with van der Waals surface area (Å²) in [6, 6.07) is -0.536. The molecule has 2 aliphatic rings. The van der Waals surface area contributed by atoms with E-state index in [1.165, 1.54) is 0 Å². The Balaban J connectivity index is 2.35. The quantitative estimate of drug-likeness (QED) is 0.552. The van der Waals surface area contributed by atoms with Crippen LogP contribution in [0.25, 0.3) is 0 Å². The third-order valence-electron chi connectivity index (χ3n) is 3.75. The van der Waals surface area contributed by atoms with Gasteiger partial charge in [0.2, 0.25) is 0 Å². The van der Waals surface area contributed by atoms with Crippen LogP contribution in [0.3, 0.4) is 0 Å². The SMILES string of the molecule is C[C@@H]1C[C@@](C)(C(=O)O)C[C@]12NC(=O)NC2=O. The Kier molecular flexibility index (Phi) is 2.02. The number of nitrogens with one attached hydrogen (secondary N) is 2. The number of imide groups is 1. The van der Waals surface area contributed by atoms with Crippen molar-refractivity contribution in [2.75, 3.05) is 0 Å². The largest absolute Gasteiger partial charge is 0.481 e. The lowest BCUT2D eigenvalue weighted by molar-refractivity contribution is -0.147. The third kappa shape index (κ3) is 1.22. The fourth-order valence-corrected chi connectivity index (χ4v) is 2.85. The van der Waals surface area contributed by atoms with Crippen molar-refractivity contribution in [3.8, 4) is 0 Å². The minimum Gasteiger partial charge on any atom is -0.481 e. The Bertz CT molecular complexity index is 394. The molecule has 0 aromatic rings. The van der Waals surface area contributed by atoms with Gasteiger partial charge in [-0.15, -0.1) is 0 Å². The molecule has 0 bridgehead atoms. The van der Waals surface area contributed by atoms with Crippen LogP contribution in [0, 0.1) is 11.3 Å². The number of carbonyl (C=O) groups is 3. The molecule has 0 aromatic heterocycles. The molecule has 3 N–H and O–H groups in total. The first-order valence-corrected chi connectivity index (χ1v) is 5.17. The minimum atomic E-state index is -1.04. The van der Waals surface area contributed by atoms with E-state index in [9.17, 15) is 14.4 Å². The number of rotatable bonds is 1. The lowest BCUT2D eigenvalue weighted by Crippen LogP contribution is -2.49. The average molecular weight is 226 g/mol. The van der Waals surface area contributed by atoms with Gasteiger partial charge in [0.15, 0.2) is 0 Å². The van der Waals surface area contributed by atoms with Crippen molar-refractivity contribution in [1.29, 1.82) is 0 Å². The Morgan fingerprint density at radius 2 is 2.12 bits per heavy atom. The summed E-state index contributed by atoms with van der Waals surface area (Å²) in [7, 11) is 0. The van der Waals surface area contributed by atoms with E-state index in [2.05, 4.69) is 10.6 Å². The molecule has 1 spiro atoms. The highest BCUT2D eigenvalue weighted by Gasteiger charge is 2.61. The van der Waals surface area contributed by atoms with Crippen LogP contribution >= 0.6 is 0 Å². The van der Waals surface area contributed by atoms with Crippen LogP contribution in [-0.4, -0.2) is 28.6 Å². The minimum absolute atomic E-state index is 0.147. The van der Waals surface area contributed by atoms with Gasteiger partial charge < -0.3 is 10.4 Å². The van der Waals surface area contributed by atoms with Crippen molar-refractivity contribution in [2.24, 2.45) is 11.3 Å². The van der Waals surface area contributed by atoms with E-state index in [1.807, 2.05) is 0 Å². The predicted molar refractivity (Wildman–Crippen MR) is 53.5 cm³/mol. The van der Waals surface area contributed by atoms with Crippen molar-refractivity contribution >= 4 is 17.9 Å². The Morgan fingerprint density at radius 1 is 1.50 bits per heavy atom. The maximum absolute atomic E-state index is 11.7. The molecule has 3 amide bonds. The van der Waals surface area contributed by atoms with Gasteiger partial charge >= 0.3 is 12.0 Å². The van der Waals surface area contributed by atoms with Crippen LogP contribution in [0.2, 0.25) is 0 Å². The topological polar surface area (TPSA) is 95.5 Å². The zero-order chi connectivity index (χ0) is 12.1. The smallest absolute Gasteiger partial charge is 0.322 e. The summed E-state index contributed by atoms with van der Waals surface area (Å²) in [5, 5.41) is 13.9. The number of carboxylic acid groups (broad SMARTS) is 1. The number of carboxylic acids is 1. The summed E-state index contributed by atoms with van der Waals surface area (Å²) < 4.78 is 0. The van der Waals surface area contributed by atoms with Crippen molar-refractivity contribution < 1.29 is 19.5 Å². The second-order valence-corrected chi connectivity index (χ2v) is 5.03. The van der Waals surface area contributed by atoms with Gasteiger partial charge in [-0.1, -0.05) is 6.92 Å². The molecule has 3 atom stereocenters. The lowest BCUT2D eigenvalue weighted by Gasteiger charge is -2.25. The molecule has 16 heavy (non-hydrogen) atoms. The lowest BCUT2D eigenvalue weighted by atomic mass is 9.85. The number of amides is 3. The molecule has 0 radical (unpaired) electrons. The molecule has 1 aliphatic carbocycles. The Morgan fingerprint density at radius 3 is 2.50 bits per heavy atom. The van der Waals surface area contributed by atoms with Crippen LogP contribution in [0.4, 0.5) is 4.79 Å². The van der Waals surface area contributed by atoms with E-state index >= 15 is 0 Å². The van der Waals surface area contributed by atoms with Crippen LogP contribution in [-0.2, 0) is 9.59 Å². The average Bonchev–Trinajstić information content (AvgIpc) is 2.54. The van der Waals surface area contributed by atoms with Crippen molar-refractivity contribution in [3.05, 3.63) is 0 Å². The summed E-state index contributed by atoms with van der Waals surface area (Å²) in [6.07, 6.45) is 0.532. The summed E-state index contributed by atoms with van der Waals surface area (Å²) in [4.78, 5) is 34.0. The number of urea groups is 1. The zero-order valence-electron chi connectivity index (χ0n) is 9.16. The van der Waals surface area contributed by atoms with Crippen LogP contribution in [0.5, 0.6) is 0 Å². The normalized spacial score (nSPS) is 42.2. The maximum Gasteiger partial charge on any atom is 0.322 e. The fraction of sp³-hybridized carbons (Fsp3) is 0.700. The molecule has 1 saturated heterocycles. The zero-order valence-corrected chi connectivity index (χ0v) is 9.16. The van der Waals surface area contributed by atoms with Gasteiger partial charge in [0.25, 0.3) is 5.91 Å². The number of hydrogen-bond donors (Lipinski definition) is 3. The molecule has 1 saturated carbocycles. The van der Waals surface area contributed by atoms with Gasteiger partial charge in [-0.25, -0.2) is 4.79 Å². The second-order valence-electron chi connectivity index (χ2n) is 5.03. The highest BCUT2D eigenvalue weighted by atomic mass is 16.4. The van der Waals surface area contributed by atoms with Crippen LogP contribution in [0.1, 0.15) is 26.7 Å². The first-order chi connectivity index (χ1) is 7.30. The molecule has 0 unspecified atom stereocenters. The van der Waals surface area contributed by atoms with Gasteiger partial charge in [-0.3, -0.25) is 14.9 Å². The molecular formula is C10H14N2O4. The molecule has 6 heteroatoms. The molecule has 1 aliphatic heterocycles. The molecular weight excluding hydrogens is 212 g/mol. The van der Waals surface area contributed by atoms with E-state index < -0.39 is 28.9 Å².